The SMILES string of the molecule is CCn1nc(C)c(CN(C)C(=O)c2ccc(COc3ccc(Cl)c(C)c3)o2)c1C. The van der Waals surface area contributed by atoms with Crippen molar-refractivity contribution in [1.82, 2.24) is 14.7 Å². The molecule has 0 radical (unpaired) electrons. The van der Waals surface area contributed by atoms with E-state index in [1.807, 2.05) is 31.5 Å². The number of nitrogens with zero attached hydrogens (tertiary/aromatic N) is 3. The summed E-state index contributed by atoms with van der Waals surface area (Å²) in [4.78, 5) is 14.4. The van der Waals surface area contributed by atoms with Gasteiger partial charge in [0.25, 0.3) is 5.91 Å². The fraction of sp³-hybridized carbons (Fsp3) is 0.364. The van der Waals surface area contributed by atoms with E-state index in [4.69, 9.17) is 20.8 Å². The van der Waals surface area contributed by atoms with Gasteiger partial charge in [0.2, 0.25) is 0 Å². The third-order valence-corrected chi connectivity index (χ3v) is 5.38. The molecule has 2 aromatic heterocycles. The zero-order chi connectivity index (χ0) is 21.1. The van der Waals surface area contributed by atoms with Gasteiger partial charge in [0.15, 0.2) is 5.76 Å². The summed E-state index contributed by atoms with van der Waals surface area (Å²) < 4.78 is 13.4. The highest BCUT2D eigenvalue weighted by molar-refractivity contribution is 6.31. The highest BCUT2D eigenvalue weighted by atomic mass is 35.5. The number of carbonyl (C=O) groups excluding carboxylic acids is 1. The van der Waals surface area contributed by atoms with Crippen LogP contribution in [-0.4, -0.2) is 27.6 Å². The molecule has 1 amide bonds. The maximum Gasteiger partial charge on any atom is 0.289 e. The number of aryl methyl sites for hydroxylation is 3. The van der Waals surface area contributed by atoms with Crippen molar-refractivity contribution in [2.75, 3.05) is 7.05 Å². The van der Waals surface area contributed by atoms with Crippen molar-refractivity contribution in [2.24, 2.45) is 0 Å². The molecule has 0 saturated carbocycles. The summed E-state index contributed by atoms with van der Waals surface area (Å²) >= 11 is 6.03. The molecule has 2 heterocycles. The van der Waals surface area contributed by atoms with E-state index in [-0.39, 0.29) is 18.3 Å². The Morgan fingerprint density at radius 1 is 1.24 bits per heavy atom. The molecule has 7 heteroatoms. The Bertz CT molecular complexity index is 1020. The second-order valence-corrected chi connectivity index (χ2v) is 7.50. The lowest BCUT2D eigenvalue weighted by Crippen LogP contribution is -2.26. The summed E-state index contributed by atoms with van der Waals surface area (Å²) in [6.07, 6.45) is 0. The van der Waals surface area contributed by atoms with Crippen molar-refractivity contribution in [3.63, 3.8) is 0 Å². The summed E-state index contributed by atoms with van der Waals surface area (Å²) in [6, 6.07) is 8.91. The van der Waals surface area contributed by atoms with Gasteiger partial charge in [-0.1, -0.05) is 11.6 Å². The van der Waals surface area contributed by atoms with E-state index in [1.54, 1.807) is 36.2 Å². The normalized spacial score (nSPS) is 11.0. The van der Waals surface area contributed by atoms with Crippen LogP contribution in [0.4, 0.5) is 0 Å². The predicted molar refractivity (Wildman–Crippen MR) is 112 cm³/mol. The van der Waals surface area contributed by atoms with Crippen molar-refractivity contribution in [3.8, 4) is 5.75 Å². The molecular weight excluding hydrogens is 390 g/mol. The third-order valence-electron chi connectivity index (χ3n) is 4.96. The molecule has 154 valence electrons. The first-order valence-corrected chi connectivity index (χ1v) is 9.94. The monoisotopic (exact) mass is 415 g/mol. The maximum absolute atomic E-state index is 12.8. The number of aromatic nitrogens is 2. The zero-order valence-electron chi connectivity index (χ0n) is 17.5. The Labute approximate surface area is 176 Å². The molecular formula is C22H26ClN3O3. The van der Waals surface area contributed by atoms with Crippen molar-refractivity contribution in [3.05, 3.63) is 69.4 Å². The van der Waals surface area contributed by atoms with Crippen molar-refractivity contribution >= 4 is 17.5 Å². The van der Waals surface area contributed by atoms with Gasteiger partial charge in [-0.2, -0.15) is 5.10 Å². The summed E-state index contributed by atoms with van der Waals surface area (Å²) in [5.41, 5.74) is 4.03. The highest BCUT2D eigenvalue weighted by Gasteiger charge is 2.20. The van der Waals surface area contributed by atoms with Gasteiger partial charge < -0.3 is 14.1 Å². The molecule has 0 aliphatic rings. The number of hydrogen-bond donors (Lipinski definition) is 0. The van der Waals surface area contributed by atoms with Gasteiger partial charge in [-0.15, -0.1) is 0 Å². The number of furan rings is 1. The predicted octanol–water partition coefficient (Wildman–Crippen LogP) is 4.93. The molecule has 1 aromatic carbocycles. The number of rotatable bonds is 7. The van der Waals surface area contributed by atoms with E-state index >= 15 is 0 Å². The molecule has 29 heavy (non-hydrogen) atoms. The second kappa shape index (κ2) is 8.74. The number of halogens is 1. The van der Waals surface area contributed by atoms with E-state index in [2.05, 4.69) is 12.0 Å². The second-order valence-electron chi connectivity index (χ2n) is 7.09. The molecule has 6 nitrogen and oxygen atoms in total. The van der Waals surface area contributed by atoms with Gasteiger partial charge in [0.05, 0.1) is 5.69 Å². The Morgan fingerprint density at radius 3 is 2.66 bits per heavy atom. The number of benzene rings is 1. The summed E-state index contributed by atoms with van der Waals surface area (Å²) in [5, 5.41) is 5.21. The summed E-state index contributed by atoms with van der Waals surface area (Å²) in [7, 11) is 1.76. The topological polar surface area (TPSA) is 60.5 Å². The fourth-order valence-electron chi connectivity index (χ4n) is 3.20. The van der Waals surface area contributed by atoms with Crippen LogP contribution in [0.5, 0.6) is 5.75 Å². The van der Waals surface area contributed by atoms with Crippen LogP contribution in [0.3, 0.4) is 0 Å². The minimum absolute atomic E-state index is 0.179. The minimum atomic E-state index is -0.179. The molecule has 0 fully saturated rings. The third kappa shape index (κ3) is 4.65. The van der Waals surface area contributed by atoms with Gasteiger partial charge in [-0.3, -0.25) is 9.48 Å². The van der Waals surface area contributed by atoms with Crippen LogP contribution in [0.1, 0.15) is 45.8 Å². The first-order chi connectivity index (χ1) is 13.8. The van der Waals surface area contributed by atoms with E-state index in [0.717, 1.165) is 29.1 Å². The molecule has 0 N–H and O–H groups in total. The maximum atomic E-state index is 12.8. The van der Waals surface area contributed by atoms with Crippen LogP contribution in [-0.2, 0) is 19.7 Å². The molecule has 0 spiro atoms. The van der Waals surface area contributed by atoms with Crippen molar-refractivity contribution < 1.29 is 13.9 Å². The molecule has 0 aliphatic heterocycles. The van der Waals surface area contributed by atoms with Crippen molar-refractivity contribution in [2.45, 2.75) is 47.4 Å². The Balaban J connectivity index is 1.64. The quantitative estimate of drug-likeness (QED) is 0.549. The summed E-state index contributed by atoms with van der Waals surface area (Å²) in [6.45, 7) is 9.48. The Hall–Kier alpha value is -2.73. The first-order valence-electron chi connectivity index (χ1n) is 9.56. The molecule has 3 rings (SSSR count). The molecule has 0 bridgehead atoms. The van der Waals surface area contributed by atoms with Crippen LogP contribution >= 0.6 is 11.6 Å². The number of carbonyl (C=O) groups is 1. The van der Waals surface area contributed by atoms with Crippen molar-refractivity contribution in [1.29, 1.82) is 0 Å². The lowest BCUT2D eigenvalue weighted by Gasteiger charge is -2.16. The van der Waals surface area contributed by atoms with Crippen LogP contribution < -0.4 is 4.74 Å². The van der Waals surface area contributed by atoms with Crippen LogP contribution in [0.25, 0.3) is 0 Å². The van der Waals surface area contributed by atoms with Crippen LogP contribution in [0.2, 0.25) is 5.02 Å². The van der Waals surface area contributed by atoms with E-state index in [1.165, 1.54) is 0 Å². The lowest BCUT2D eigenvalue weighted by atomic mass is 10.2. The highest BCUT2D eigenvalue weighted by Crippen LogP contribution is 2.22. The van der Waals surface area contributed by atoms with Gasteiger partial charge in [-0.05, 0) is 63.6 Å². The Kier molecular flexibility index (Phi) is 6.33. The average molecular weight is 416 g/mol. The standard InChI is InChI=1S/C22H26ClN3O3/c1-6-26-16(4)19(15(3)24-26)12-25(5)22(27)21-10-8-18(29-21)13-28-17-7-9-20(23)14(2)11-17/h7-11H,6,12-13H2,1-5H3. The van der Waals surface area contributed by atoms with Crippen LogP contribution in [0, 0.1) is 20.8 Å². The Morgan fingerprint density at radius 2 is 2.00 bits per heavy atom. The van der Waals surface area contributed by atoms with Gasteiger partial charge in [0.1, 0.15) is 18.1 Å². The first kappa shape index (κ1) is 21.0. The molecule has 3 aromatic rings. The molecule has 0 atom stereocenters. The fourth-order valence-corrected chi connectivity index (χ4v) is 3.32. The lowest BCUT2D eigenvalue weighted by molar-refractivity contribution is 0.0749. The number of hydrogen-bond acceptors (Lipinski definition) is 4. The van der Waals surface area contributed by atoms with Gasteiger partial charge >= 0.3 is 0 Å². The smallest absolute Gasteiger partial charge is 0.289 e. The number of ether oxygens (including phenoxy) is 1. The van der Waals surface area contributed by atoms with E-state index < -0.39 is 0 Å². The van der Waals surface area contributed by atoms with E-state index in [0.29, 0.717) is 23.1 Å². The average Bonchev–Trinajstić information content (AvgIpc) is 3.28. The zero-order valence-corrected chi connectivity index (χ0v) is 18.2. The largest absolute Gasteiger partial charge is 0.486 e. The number of amides is 1. The van der Waals surface area contributed by atoms with E-state index in [9.17, 15) is 4.79 Å². The molecule has 0 aliphatic carbocycles. The minimum Gasteiger partial charge on any atom is -0.486 e. The van der Waals surface area contributed by atoms with Gasteiger partial charge in [-0.25, -0.2) is 0 Å². The molecule has 0 saturated heterocycles. The summed E-state index contributed by atoms with van der Waals surface area (Å²) in [5.74, 6) is 1.39. The van der Waals surface area contributed by atoms with Gasteiger partial charge in [0, 0.05) is 36.4 Å². The van der Waals surface area contributed by atoms with Crippen LogP contribution in [0.15, 0.2) is 34.7 Å². The molecule has 0 unspecified atom stereocenters.